The summed E-state index contributed by atoms with van der Waals surface area (Å²) in [6.07, 6.45) is -4.69. The number of alkyl halides is 6. The van der Waals surface area contributed by atoms with Crippen LogP contribution in [0.1, 0.15) is 29.8 Å². The molecule has 0 bridgehead atoms. The van der Waals surface area contributed by atoms with Gasteiger partial charge in [0.1, 0.15) is 0 Å². The molecule has 3 nitrogen and oxygen atoms in total. The van der Waals surface area contributed by atoms with Crippen molar-refractivity contribution < 1.29 is 93.1 Å². The van der Waals surface area contributed by atoms with Crippen molar-refractivity contribution in [3.05, 3.63) is 69.7 Å². The number of aliphatic hydroxyl groups is 1. The minimum Gasteiger partial charge on any atom is -0.870 e. The van der Waals surface area contributed by atoms with Crippen molar-refractivity contribution in [3.63, 3.8) is 0 Å². The van der Waals surface area contributed by atoms with Gasteiger partial charge in [-0.25, -0.2) is 0 Å². The molecule has 0 aromatic heterocycles. The maximum Gasteiger partial charge on any atom is 1.00 e. The van der Waals surface area contributed by atoms with E-state index in [4.69, 9.17) is 23.2 Å². The number of Topliss-reactive ketones (excluding diaryl/α,β-unsaturated/α-hetero) is 1. The molecule has 30 heavy (non-hydrogen) atoms. The van der Waals surface area contributed by atoms with E-state index >= 15 is 0 Å². The monoisotopic (exact) mass is 504 g/mol. The zero-order valence-electron chi connectivity index (χ0n) is 16.0. The fourth-order valence-corrected chi connectivity index (χ4v) is 1.87. The molecule has 2 rings (SSSR count). The summed E-state index contributed by atoms with van der Waals surface area (Å²) in [5, 5.41) is 10.2. The Hall–Kier alpha value is -0.174. The van der Waals surface area contributed by atoms with Gasteiger partial charge < -0.3 is 10.6 Å². The Bertz CT molecular complexity index is 736. The Morgan fingerprint density at radius 2 is 1.20 bits per heavy atom. The second-order valence-electron chi connectivity index (χ2n) is 5.39. The zero-order chi connectivity index (χ0) is 22.1. The van der Waals surface area contributed by atoms with E-state index in [1.807, 2.05) is 0 Å². The van der Waals surface area contributed by atoms with Crippen LogP contribution in [0.15, 0.2) is 48.5 Å². The van der Waals surface area contributed by atoms with E-state index in [2.05, 4.69) is 0 Å². The van der Waals surface area contributed by atoms with Crippen molar-refractivity contribution >= 4 is 29.0 Å². The molecule has 1 atom stereocenters. The molecule has 0 aliphatic rings. The molecule has 0 radical (unpaired) electrons. The van der Waals surface area contributed by atoms with E-state index in [0.717, 1.165) is 12.1 Å². The first-order valence-corrected chi connectivity index (χ1v) is 8.18. The molecule has 2 N–H and O–H groups in total. The number of halogens is 8. The van der Waals surface area contributed by atoms with E-state index in [9.17, 15) is 36.2 Å². The average Bonchev–Trinajstić information content (AvgIpc) is 2.54. The third-order valence-corrected chi connectivity index (χ3v) is 3.71. The third kappa shape index (κ3) is 13.3. The Kier molecular flexibility index (Phi) is 17.9. The molecule has 2 aromatic carbocycles. The Morgan fingerprint density at radius 1 is 0.900 bits per heavy atom. The SMILES string of the molecule is CC(=O)c1ccc(Cl)cc1.CC(O)(c1ccc(Cl)cc1)C(F)(F)F.FC(F)F.[K+].[OH-]. The number of ketones is 1. The summed E-state index contributed by atoms with van der Waals surface area (Å²) < 4.78 is 66.0. The van der Waals surface area contributed by atoms with Gasteiger partial charge in [0.15, 0.2) is 11.4 Å². The maximum atomic E-state index is 12.3. The van der Waals surface area contributed by atoms with E-state index in [0.29, 0.717) is 22.5 Å². The summed E-state index contributed by atoms with van der Waals surface area (Å²) in [5.41, 5.74) is -2.36. The van der Waals surface area contributed by atoms with Gasteiger partial charge in [-0.2, -0.15) is 26.3 Å². The second-order valence-corrected chi connectivity index (χ2v) is 6.26. The number of carbonyl (C=O) groups is 1. The van der Waals surface area contributed by atoms with Gasteiger partial charge in [-0.15, -0.1) is 0 Å². The third-order valence-electron chi connectivity index (χ3n) is 3.21. The molecule has 2 aromatic rings. The van der Waals surface area contributed by atoms with Crippen molar-refractivity contribution in [1.29, 1.82) is 0 Å². The van der Waals surface area contributed by atoms with Crippen LogP contribution >= 0.6 is 23.2 Å². The topological polar surface area (TPSA) is 67.3 Å². The minimum absolute atomic E-state index is 0. The predicted octanol–water partition coefficient (Wildman–Crippen LogP) is 3.66. The molecule has 0 saturated carbocycles. The van der Waals surface area contributed by atoms with Crippen LogP contribution in [0.4, 0.5) is 26.3 Å². The normalized spacial score (nSPS) is 12.0. The van der Waals surface area contributed by atoms with E-state index in [-0.39, 0.29) is 68.2 Å². The van der Waals surface area contributed by atoms with Crippen LogP contribution in [0.25, 0.3) is 0 Å². The molecule has 0 aliphatic heterocycles. The van der Waals surface area contributed by atoms with Gasteiger partial charge in [0.25, 0.3) is 0 Å². The van der Waals surface area contributed by atoms with Gasteiger partial charge in [0.05, 0.1) is 0 Å². The molecular formula is C18H17Cl2F6KO3. The van der Waals surface area contributed by atoms with Crippen LogP contribution in [0.2, 0.25) is 10.0 Å². The van der Waals surface area contributed by atoms with Crippen LogP contribution in [0, 0.1) is 0 Å². The van der Waals surface area contributed by atoms with E-state index in [1.54, 1.807) is 24.3 Å². The maximum absolute atomic E-state index is 12.3. The molecule has 0 saturated heterocycles. The fourth-order valence-electron chi connectivity index (χ4n) is 1.62. The molecule has 0 fully saturated rings. The quantitative estimate of drug-likeness (QED) is 0.385. The molecule has 0 aliphatic carbocycles. The summed E-state index contributed by atoms with van der Waals surface area (Å²) in [7, 11) is 0. The van der Waals surface area contributed by atoms with Gasteiger partial charge in [-0.1, -0.05) is 35.3 Å². The molecule has 1 unspecified atom stereocenters. The molecule has 0 heterocycles. The van der Waals surface area contributed by atoms with Crippen LogP contribution in [-0.4, -0.2) is 29.2 Å². The second kappa shape index (κ2) is 15.6. The summed E-state index contributed by atoms with van der Waals surface area (Å²) >= 11 is 11.1. The van der Waals surface area contributed by atoms with E-state index in [1.165, 1.54) is 19.1 Å². The summed E-state index contributed by atoms with van der Waals surface area (Å²) in [6.45, 7) is -1.43. The predicted molar refractivity (Wildman–Crippen MR) is 97.6 cm³/mol. The largest absolute Gasteiger partial charge is 1.00 e. The molecule has 12 heteroatoms. The number of hydrogen-bond donors (Lipinski definition) is 1. The molecule has 0 spiro atoms. The molecular weight excluding hydrogens is 488 g/mol. The van der Waals surface area contributed by atoms with Crippen molar-refractivity contribution in [1.82, 2.24) is 0 Å². The molecule has 164 valence electrons. The summed E-state index contributed by atoms with van der Waals surface area (Å²) in [4.78, 5) is 10.7. The Morgan fingerprint density at radius 3 is 1.47 bits per heavy atom. The van der Waals surface area contributed by atoms with Crippen LogP contribution in [-0.2, 0) is 5.60 Å². The number of benzene rings is 2. The number of carbonyl (C=O) groups excluding carboxylic acids is 1. The van der Waals surface area contributed by atoms with E-state index < -0.39 is 18.5 Å². The molecule has 0 amide bonds. The van der Waals surface area contributed by atoms with Crippen LogP contribution in [0.3, 0.4) is 0 Å². The van der Waals surface area contributed by atoms with Crippen LogP contribution in [0.5, 0.6) is 0 Å². The first-order chi connectivity index (χ1) is 12.7. The summed E-state index contributed by atoms with van der Waals surface area (Å²) in [6, 6.07) is 11.7. The minimum atomic E-state index is -4.69. The van der Waals surface area contributed by atoms with Gasteiger partial charge in [-0.05, 0) is 55.8 Å². The Labute approximate surface area is 222 Å². The first kappa shape index (κ1) is 34.4. The first-order valence-electron chi connectivity index (χ1n) is 7.42. The number of hydrogen-bond acceptors (Lipinski definition) is 3. The summed E-state index contributed by atoms with van der Waals surface area (Å²) in [5.74, 6) is 0.0664. The van der Waals surface area contributed by atoms with Gasteiger partial charge in [0.2, 0.25) is 0 Å². The van der Waals surface area contributed by atoms with Crippen LogP contribution < -0.4 is 51.4 Å². The smallest absolute Gasteiger partial charge is 0.870 e. The van der Waals surface area contributed by atoms with Crippen molar-refractivity contribution in [3.8, 4) is 0 Å². The standard InChI is InChI=1S/C9H8ClF3O.C8H7ClO.CHF3.K.H2O/c1-8(14,9(11,12)13)6-2-4-7(10)5-3-6;1-6(10)7-2-4-8(9)5-3-7;2-1(3)4;;/h2-5,14H,1H3;2-5H,1H3;1H;;1H2/q;;;+1;/p-1. The van der Waals surface area contributed by atoms with Gasteiger partial charge in [-0.3, -0.25) is 4.79 Å². The van der Waals surface area contributed by atoms with Gasteiger partial charge in [0, 0.05) is 15.6 Å². The van der Waals surface area contributed by atoms with Crippen molar-refractivity contribution in [2.24, 2.45) is 0 Å². The Balaban J connectivity index is -0.000000402. The zero-order valence-corrected chi connectivity index (χ0v) is 20.7. The van der Waals surface area contributed by atoms with Crippen molar-refractivity contribution in [2.75, 3.05) is 0 Å². The van der Waals surface area contributed by atoms with Crippen molar-refractivity contribution in [2.45, 2.75) is 32.3 Å². The average molecular weight is 505 g/mol. The number of rotatable bonds is 2. The fraction of sp³-hybridized carbons (Fsp3) is 0.278. The van der Waals surface area contributed by atoms with Gasteiger partial charge >= 0.3 is 64.2 Å².